The minimum Gasteiger partial charge on any atom is -0.439 e. The van der Waals surface area contributed by atoms with Crippen LogP contribution in [-0.2, 0) is 6.54 Å². The fourth-order valence-electron chi connectivity index (χ4n) is 1.35. The molecule has 2 aromatic rings. The third-order valence-electron chi connectivity index (χ3n) is 1.97. The largest absolute Gasteiger partial charge is 0.439 e. The Morgan fingerprint density at radius 2 is 2.40 bits per heavy atom. The van der Waals surface area contributed by atoms with Crippen LogP contribution in [0, 0.1) is 10.1 Å². The molecule has 0 aliphatic carbocycles. The number of hydrogen-bond donors (Lipinski definition) is 1. The van der Waals surface area contributed by atoms with E-state index in [1.54, 1.807) is 19.2 Å². The molecule has 0 aliphatic heterocycles. The zero-order valence-corrected chi connectivity index (χ0v) is 8.06. The maximum absolute atomic E-state index is 10.7. The second kappa shape index (κ2) is 3.66. The standard InChI is InChI=1S/C9H9N3O3/c1-10-5-8-11-9-6(12(13)14)3-2-4-7(9)15-8/h2-4,10H,5H2,1H3. The second-order valence-corrected chi connectivity index (χ2v) is 3.02. The molecule has 1 heterocycles. The van der Waals surface area contributed by atoms with E-state index in [4.69, 9.17) is 4.42 Å². The topological polar surface area (TPSA) is 81.2 Å². The van der Waals surface area contributed by atoms with Crippen molar-refractivity contribution in [3.8, 4) is 0 Å². The van der Waals surface area contributed by atoms with Crippen molar-refractivity contribution in [2.24, 2.45) is 0 Å². The summed E-state index contributed by atoms with van der Waals surface area (Å²) in [6.07, 6.45) is 0. The van der Waals surface area contributed by atoms with Crippen molar-refractivity contribution in [1.82, 2.24) is 10.3 Å². The number of oxazole rings is 1. The lowest BCUT2D eigenvalue weighted by molar-refractivity contribution is -0.383. The van der Waals surface area contributed by atoms with Gasteiger partial charge >= 0.3 is 0 Å². The highest BCUT2D eigenvalue weighted by atomic mass is 16.6. The van der Waals surface area contributed by atoms with E-state index in [9.17, 15) is 10.1 Å². The highest BCUT2D eigenvalue weighted by molar-refractivity contribution is 5.82. The van der Waals surface area contributed by atoms with Crippen LogP contribution in [0.1, 0.15) is 5.89 Å². The highest BCUT2D eigenvalue weighted by Gasteiger charge is 2.16. The molecule has 1 aromatic heterocycles. The third kappa shape index (κ3) is 1.66. The predicted molar refractivity (Wildman–Crippen MR) is 53.4 cm³/mol. The Hall–Kier alpha value is -1.95. The van der Waals surface area contributed by atoms with Gasteiger partial charge in [-0.05, 0) is 13.1 Å². The summed E-state index contributed by atoms with van der Waals surface area (Å²) in [6.45, 7) is 0.450. The molecule has 0 aliphatic rings. The van der Waals surface area contributed by atoms with Crippen LogP contribution in [0.4, 0.5) is 5.69 Å². The first-order valence-electron chi connectivity index (χ1n) is 4.40. The van der Waals surface area contributed by atoms with Gasteiger partial charge in [0.15, 0.2) is 11.1 Å². The zero-order chi connectivity index (χ0) is 10.8. The first kappa shape index (κ1) is 9.60. The number of nitrogens with one attached hydrogen (secondary N) is 1. The molecule has 0 radical (unpaired) electrons. The molecule has 0 fully saturated rings. The molecular weight excluding hydrogens is 198 g/mol. The number of fused-ring (bicyclic) bond motifs is 1. The van der Waals surface area contributed by atoms with Gasteiger partial charge in [0.05, 0.1) is 11.5 Å². The van der Waals surface area contributed by atoms with Gasteiger partial charge in [0.2, 0.25) is 5.89 Å². The number of benzene rings is 1. The van der Waals surface area contributed by atoms with Crippen LogP contribution in [-0.4, -0.2) is 17.0 Å². The summed E-state index contributed by atoms with van der Waals surface area (Å²) in [5.74, 6) is 0.446. The minimum absolute atomic E-state index is 0.0291. The van der Waals surface area contributed by atoms with Gasteiger partial charge < -0.3 is 9.73 Å². The Labute approximate surface area is 85.1 Å². The van der Waals surface area contributed by atoms with Crippen LogP contribution in [0.15, 0.2) is 22.6 Å². The Morgan fingerprint density at radius 3 is 3.07 bits per heavy atom. The van der Waals surface area contributed by atoms with Gasteiger partial charge in [0, 0.05) is 6.07 Å². The van der Waals surface area contributed by atoms with Gasteiger partial charge in [-0.25, -0.2) is 4.98 Å². The average Bonchev–Trinajstić information content (AvgIpc) is 2.59. The van der Waals surface area contributed by atoms with Crippen molar-refractivity contribution in [2.75, 3.05) is 7.05 Å². The second-order valence-electron chi connectivity index (χ2n) is 3.02. The van der Waals surface area contributed by atoms with Crippen LogP contribution in [0.5, 0.6) is 0 Å². The molecule has 0 atom stereocenters. The fourth-order valence-corrected chi connectivity index (χ4v) is 1.35. The van der Waals surface area contributed by atoms with Gasteiger partial charge in [0.1, 0.15) is 0 Å². The van der Waals surface area contributed by atoms with Crippen LogP contribution in [0.3, 0.4) is 0 Å². The summed E-state index contributed by atoms with van der Waals surface area (Å²) < 4.78 is 5.32. The normalized spacial score (nSPS) is 10.7. The van der Waals surface area contributed by atoms with Gasteiger partial charge in [-0.1, -0.05) is 6.07 Å². The number of aromatic nitrogens is 1. The molecule has 1 N–H and O–H groups in total. The number of nitrogens with zero attached hydrogens (tertiary/aromatic N) is 2. The average molecular weight is 207 g/mol. The van der Waals surface area contributed by atoms with Crippen molar-refractivity contribution in [3.05, 3.63) is 34.2 Å². The summed E-state index contributed by atoms with van der Waals surface area (Å²) >= 11 is 0. The van der Waals surface area contributed by atoms with Gasteiger partial charge in [-0.3, -0.25) is 10.1 Å². The summed E-state index contributed by atoms with van der Waals surface area (Å²) in [5.41, 5.74) is 0.709. The van der Waals surface area contributed by atoms with Gasteiger partial charge in [0.25, 0.3) is 5.69 Å². The van der Waals surface area contributed by atoms with Crippen molar-refractivity contribution >= 4 is 16.8 Å². The van der Waals surface area contributed by atoms with E-state index in [0.717, 1.165) is 0 Å². The smallest absolute Gasteiger partial charge is 0.298 e. The first-order valence-corrected chi connectivity index (χ1v) is 4.40. The third-order valence-corrected chi connectivity index (χ3v) is 1.97. The quantitative estimate of drug-likeness (QED) is 0.608. The van der Waals surface area contributed by atoms with Gasteiger partial charge in [-0.2, -0.15) is 0 Å². The molecule has 0 spiro atoms. The lowest BCUT2D eigenvalue weighted by atomic mass is 10.3. The maximum atomic E-state index is 10.7. The van der Waals surface area contributed by atoms with Crippen LogP contribution in [0.25, 0.3) is 11.1 Å². The SMILES string of the molecule is CNCc1nc2c([N+](=O)[O-])cccc2o1. The molecule has 0 saturated heterocycles. The molecule has 0 saturated carbocycles. The number of nitro benzene ring substituents is 1. The van der Waals surface area contributed by atoms with Crippen molar-refractivity contribution < 1.29 is 9.34 Å². The summed E-state index contributed by atoms with van der Waals surface area (Å²) in [7, 11) is 1.75. The molecule has 78 valence electrons. The van der Waals surface area contributed by atoms with E-state index in [2.05, 4.69) is 10.3 Å². The Kier molecular flexibility index (Phi) is 2.34. The maximum Gasteiger partial charge on any atom is 0.298 e. The van der Waals surface area contributed by atoms with Crippen LogP contribution < -0.4 is 5.32 Å². The molecular formula is C9H9N3O3. The van der Waals surface area contributed by atoms with Crippen molar-refractivity contribution in [2.45, 2.75) is 6.54 Å². The monoisotopic (exact) mass is 207 g/mol. The van der Waals surface area contributed by atoms with E-state index >= 15 is 0 Å². The van der Waals surface area contributed by atoms with Gasteiger partial charge in [-0.15, -0.1) is 0 Å². The Bertz CT molecular complexity index is 506. The molecule has 0 amide bonds. The van der Waals surface area contributed by atoms with E-state index in [0.29, 0.717) is 23.5 Å². The van der Waals surface area contributed by atoms with Crippen LogP contribution in [0.2, 0.25) is 0 Å². The number of hydrogen-bond acceptors (Lipinski definition) is 5. The van der Waals surface area contributed by atoms with Crippen LogP contribution >= 0.6 is 0 Å². The highest BCUT2D eigenvalue weighted by Crippen LogP contribution is 2.25. The lowest BCUT2D eigenvalue weighted by Crippen LogP contribution is -2.04. The Morgan fingerprint density at radius 1 is 1.60 bits per heavy atom. The first-order chi connectivity index (χ1) is 7.22. The fraction of sp³-hybridized carbons (Fsp3) is 0.222. The number of rotatable bonds is 3. The van der Waals surface area contributed by atoms with E-state index in [1.807, 2.05) is 0 Å². The predicted octanol–water partition coefficient (Wildman–Crippen LogP) is 1.46. The van der Waals surface area contributed by atoms with Crippen molar-refractivity contribution in [3.63, 3.8) is 0 Å². The molecule has 6 nitrogen and oxygen atoms in total. The van der Waals surface area contributed by atoms with Crippen molar-refractivity contribution in [1.29, 1.82) is 0 Å². The summed E-state index contributed by atoms with van der Waals surface area (Å²) in [4.78, 5) is 14.3. The number of para-hydroxylation sites is 1. The molecule has 1 aromatic carbocycles. The minimum atomic E-state index is -0.464. The molecule has 0 unspecified atom stereocenters. The van der Waals surface area contributed by atoms with E-state index in [-0.39, 0.29) is 5.69 Å². The molecule has 15 heavy (non-hydrogen) atoms. The molecule has 0 bridgehead atoms. The number of non-ortho nitro benzene ring substituents is 1. The summed E-state index contributed by atoms with van der Waals surface area (Å²) in [5, 5.41) is 13.6. The zero-order valence-electron chi connectivity index (χ0n) is 8.06. The Balaban J connectivity index is 2.59. The molecule has 6 heteroatoms. The lowest BCUT2D eigenvalue weighted by Gasteiger charge is -1.89. The van der Waals surface area contributed by atoms with E-state index in [1.165, 1.54) is 6.07 Å². The number of nitro groups is 1. The van der Waals surface area contributed by atoms with E-state index < -0.39 is 4.92 Å². The molecule has 2 rings (SSSR count). The summed E-state index contributed by atoms with van der Waals surface area (Å²) in [6, 6.07) is 4.65.